The zero-order valence-electron chi connectivity index (χ0n) is 15.9. The number of piperazine rings is 1. The van der Waals surface area contributed by atoms with E-state index in [1.54, 1.807) is 4.90 Å². The summed E-state index contributed by atoms with van der Waals surface area (Å²) >= 11 is 0. The van der Waals surface area contributed by atoms with Gasteiger partial charge < -0.3 is 9.88 Å². The molecule has 4 rings (SSSR count). The molecule has 0 aromatic carbocycles. The Bertz CT molecular complexity index is 938. The highest BCUT2D eigenvalue weighted by Gasteiger charge is 2.31. The van der Waals surface area contributed by atoms with Gasteiger partial charge in [-0.2, -0.15) is 9.40 Å². The van der Waals surface area contributed by atoms with Crippen LogP contribution in [0.25, 0.3) is 0 Å². The normalized spacial score (nSPS) is 19.4. The highest BCUT2D eigenvalue weighted by Crippen LogP contribution is 2.21. The number of nitrogens with zero attached hydrogens (tertiary/aromatic N) is 5. The SMILES string of the molecule is Cc1nc(CN2CCN(S(=O)(=O)c3c[nH]c(C(=O)N4CCCC4)c3)CC2)n[nH]1. The molecule has 2 aliphatic heterocycles. The third kappa shape index (κ3) is 3.82. The molecule has 2 fully saturated rings. The Balaban J connectivity index is 1.38. The number of nitrogens with one attached hydrogen (secondary N) is 2. The van der Waals surface area contributed by atoms with Crippen LogP contribution in [0.2, 0.25) is 0 Å². The smallest absolute Gasteiger partial charge is 0.270 e. The van der Waals surface area contributed by atoms with Crippen molar-refractivity contribution in [1.29, 1.82) is 0 Å². The summed E-state index contributed by atoms with van der Waals surface area (Å²) in [6.45, 7) is 5.91. The number of likely N-dealkylation sites (tertiary alicyclic amines) is 1. The van der Waals surface area contributed by atoms with Gasteiger partial charge in [0, 0.05) is 45.5 Å². The molecular weight excluding hydrogens is 382 g/mol. The zero-order chi connectivity index (χ0) is 19.7. The van der Waals surface area contributed by atoms with Gasteiger partial charge in [0.05, 0.1) is 6.54 Å². The molecule has 2 saturated heterocycles. The van der Waals surface area contributed by atoms with Crippen LogP contribution >= 0.6 is 0 Å². The third-order valence-corrected chi connectivity index (χ3v) is 7.13. The van der Waals surface area contributed by atoms with Crippen LogP contribution in [0.15, 0.2) is 17.2 Å². The number of aromatic nitrogens is 4. The summed E-state index contributed by atoms with van der Waals surface area (Å²) in [5, 5.41) is 6.94. The molecule has 28 heavy (non-hydrogen) atoms. The van der Waals surface area contributed by atoms with Gasteiger partial charge in [-0.15, -0.1) is 0 Å². The quantitative estimate of drug-likeness (QED) is 0.730. The maximum absolute atomic E-state index is 12.9. The molecule has 0 radical (unpaired) electrons. The highest BCUT2D eigenvalue weighted by atomic mass is 32.2. The summed E-state index contributed by atoms with van der Waals surface area (Å²) in [5.41, 5.74) is 0.332. The average molecular weight is 408 g/mol. The van der Waals surface area contributed by atoms with E-state index >= 15 is 0 Å². The lowest BCUT2D eigenvalue weighted by molar-refractivity contribution is 0.0787. The number of aryl methyl sites for hydroxylation is 1. The Hall–Kier alpha value is -2.24. The second kappa shape index (κ2) is 7.64. The minimum absolute atomic E-state index is 0.134. The summed E-state index contributed by atoms with van der Waals surface area (Å²) in [7, 11) is -3.62. The van der Waals surface area contributed by atoms with E-state index in [2.05, 4.69) is 25.1 Å². The molecule has 2 aromatic heterocycles. The van der Waals surface area contributed by atoms with E-state index in [0.29, 0.717) is 44.2 Å². The van der Waals surface area contributed by atoms with Crippen LogP contribution in [-0.4, -0.2) is 87.9 Å². The van der Waals surface area contributed by atoms with E-state index in [1.807, 2.05) is 6.92 Å². The molecule has 0 spiro atoms. The van der Waals surface area contributed by atoms with Crippen LogP contribution in [-0.2, 0) is 16.6 Å². The lowest BCUT2D eigenvalue weighted by Crippen LogP contribution is -2.48. The van der Waals surface area contributed by atoms with Crippen molar-refractivity contribution in [2.45, 2.75) is 31.2 Å². The van der Waals surface area contributed by atoms with Gasteiger partial charge in [-0.1, -0.05) is 0 Å². The Morgan fingerprint density at radius 3 is 2.50 bits per heavy atom. The van der Waals surface area contributed by atoms with Gasteiger partial charge in [0.2, 0.25) is 10.0 Å². The van der Waals surface area contributed by atoms with E-state index in [0.717, 1.165) is 31.8 Å². The lowest BCUT2D eigenvalue weighted by atomic mass is 10.3. The number of H-pyrrole nitrogens is 2. The van der Waals surface area contributed by atoms with Crippen LogP contribution in [0.1, 0.15) is 35.0 Å². The first-order valence-electron chi connectivity index (χ1n) is 9.51. The molecular formula is C17H25N7O3S. The molecule has 0 atom stereocenters. The number of sulfonamides is 1. The fraction of sp³-hybridized carbons (Fsp3) is 0.588. The average Bonchev–Trinajstić information content (AvgIpc) is 3.44. The van der Waals surface area contributed by atoms with Crippen molar-refractivity contribution in [2.75, 3.05) is 39.3 Å². The number of carbonyl (C=O) groups excluding carboxylic acids is 1. The second-order valence-corrected chi connectivity index (χ2v) is 9.20. The van der Waals surface area contributed by atoms with Gasteiger partial charge in [-0.25, -0.2) is 13.4 Å². The van der Waals surface area contributed by atoms with Crippen LogP contribution in [0.5, 0.6) is 0 Å². The molecule has 2 aromatic rings. The van der Waals surface area contributed by atoms with Gasteiger partial charge in [-0.05, 0) is 25.8 Å². The fourth-order valence-corrected chi connectivity index (χ4v) is 5.09. The molecule has 0 unspecified atom stereocenters. The van der Waals surface area contributed by atoms with E-state index in [9.17, 15) is 13.2 Å². The molecule has 4 heterocycles. The zero-order valence-corrected chi connectivity index (χ0v) is 16.7. The molecule has 2 N–H and O–H groups in total. The Morgan fingerprint density at radius 2 is 1.86 bits per heavy atom. The van der Waals surface area contributed by atoms with E-state index < -0.39 is 10.0 Å². The van der Waals surface area contributed by atoms with Gasteiger partial charge in [-0.3, -0.25) is 14.8 Å². The molecule has 0 bridgehead atoms. The minimum atomic E-state index is -3.62. The number of rotatable bonds is 5. The topological polar surface area (TPSA) is 118 Å². The molecule has 10 nitrogen and oxygen atoms in total. The fourth-order valence-electron chi connectivity index (χ4n) is 3.67. The number of amides is 1. The summed E-state index contributed by atoms with van der Waals surface area (Å²) in [5.74, 6) is 1.35. The molecule has 152 valence electrons. The maximum atomic E-state index is 12.9. The second-order valence-electron chi connectivity index (χ2n) is 7.27. The molecule has 11 heteroatoms. The largest absolute Gasteiger partial charge is 0.356 e. The van der Waals surface area contributed by atoms with Crippen LogP contribution in [0.4, 0.5) is 0 Å². The van der Waals surface area contributed by atoms with Crippen LogP contribution in [0, 0.1) is 6.92 Å². The lowest BCUT2D eigenvalue weighted by Gasteiger charge is -2.33. The molecule has 0 aliphatic carbocycles. The highest BCUT2D eigenvalue weighted by molar-refractivity contribution is 7.89. The summed E-state index contributed by atoms with van der Waals surface area (Å²) in [6.07, 6.45) is 3.41. The Morgan fingerprint density at radius 1 is 1.14 bits per heavy atom. The number of aromatic amines is 2. The first kappa shape index (κ1) is 19.1. The maximum Gasteiger partial charge on any atom is 0.270 e. The van der Waals surface area contributed by atoms with Gasteiger partial charge in [0.15, 0.2) is 5.82 Å². The number of hydrogen-bond acceptors (Lipinski definition) is 6. The summed E-state index contributed by atoms with van der Waals surface area (Å²) < 4.78 is 27.4. The Labute approximate surface area is 164 Å². The molecule has 2 aliphatic rings. The molecule has 0 saturated carbocycles. The van der Waals surface area contributed by atoms with Crippen molar-refractivity contribution in [1.82, 2.24) is 34.3 Å². The predicted molar refractivity (Wildman–Crippen MR) is 101 cm³/mol. The van der Waals surface area contributed by atoms with Crippen molar-refractivity contribution in [3.05, 3.63) is 29.6 Å². The van der Waals surface area contributed by atoms with E-state index in [1.165, 1.54) is 16.6 Å². The summed E-state index contributed by atoms with van der Waals surface area (Å²) in [4.78, 5) is 23.6. The third-order valence-electron chi connectivity index (χ3n) is 5.26. The van der Waals surface area contributed by atoms with E-state index in [-0.39, 0.29) is 10.8 Å². The number of hydrogen-bond donors (Lipinski definition) is 2. The van der Waals surface area contributed by atoms with Gasteiger partial charge >= 0.3 is 0 Å². The van der Waals surface area contributed by atoms with Gasteiger partial charge in [0.1, 0.15) is 16.4 Å². The van der Waals surface area contributed by atoms with Crippen molar-refractivity contribution in [3.8, 4) is 0 Å². The Kier molecular flexibility index (Phi) is 5.21. The predicted octanol–water partition coefficient (Wildman–Crippen LogP) is 0.184. The monoisotopic (exact) mass is 407 g/mol. The first-order chi connectivity index (χ1) is 13.4. The van der Waals surface area contributed by atoms with Crippen molar-refractivity contribution in [3.63, 3.8) is 0 Å². The van der Waals surface area contributed by atoms with Crippen LogP contribution in [0.3, 0.4) is 0 Å². The number of carbonyl (C=O) groups is 1. The van der Waals surface area contributed by atoms with Crippen molar-refractivity contribution >= 4 is 15.9 Å². The van der Waals surface area contributed by atoms with Crippen molar-refractivity contribution in [2.24, 2.45) is 0 Å². The minimum Gasteiger partial charge on any atom is -0.356 e. The van der Waals surface area contributed by atoms with Crippen molar-refractivity contribution < 1.29 is 13.2 Å². The standard InChI is InChI=1S/C17H25N7O3S/c1-13-19-16(21-20-13)12-22-6-8-24(9-7-22)28(26,27)14-10-15(18-11-14)17(25)23-4-2-3-5-23/h10-11,18H,2-9,12H2,1H3,(H,19,20,21). The van der Waals surface area contributed by atoms with E-state index in [4.69, 9.17) is 0 Å². The molecule has 1 amide bonds. The first-order valence-corrected chi connectivity index (χ1v) is 11.0. The van der Waals surface area contributed by atoms with Gasteiger partial charge in [0.25, 0.3) is 5.91 Å². The van der Waals surface area contributed by atoms with Crippen LogP contribution < -0.4 is 0 Å². The summed E-state index contributed by atoms with van der Waals surface area (Å²) in [6, 6.07) is 1.46.